The van der Waals surface area contributed by atoms with E-state index in [1.807, 2.05) is 0 Å². The van der Waals surface area contributed by atoms with E-state index >= 15 is 0 Å². The smallest absolute Gasteiger partial charge is 0.458 e. The zero-order valence-corrected chi connectivity index (χ0v) is 14.9. The summed E-state index contributed by atoms with van der Waals surface area (Å²) in [5.74, 6) is -2.65. The SMILES string of the molecule is CCCCCCCCCCC(OC(=O)C(F)(F)F)C1CCCC(=O)O1. The topological polar surface area (TPSA) is 52.6 Å². The number of cyclic esters (lactones) is 1. The second-order valence-corrected chi connectivity index (χ2v) is 6.63. The normalized spacial score (nSPS) is 19.4. The number of unbranched alkanes of at least 4 members (excludes halogenated alkanes) is 7. The minimum atomic E-state index is -5.03. The molecule has 0 aliphatic carbocycles. The molecule has 0 N–H and O–H groups in total. The molecule has 0 bridgehead atoms. The van der Waals surface area contributed by atoms with Gasteiger partial charge in [-0.15, -0.1) is 0 Å². The first kappa shape index (κ1) is 21.8. The average Bonchev–Trinajstić information content (AvgIpc) is 2.55. The monoisotopic (exact) mass is 366 g/mol. The van der Waals surface area contributed by atoms with E-state index in [9.17, 15) is 22.8 Å². The lowest BCUT2D eigenvalue weighted by Gasteiger charge is -2.30. The zero-order valence-electron chi connectivity index (χ0n) is 14.9. The van der Waals surface area contributed by atoms with Crippen LogP contribution < -0.4 is 0 Å². The molecule has 0 aromatic carbocycles. The van der Waals surface area contributed by atoms with Gasteiger partial charge in [-0.2, -0.15) is 13.2 Å². The summed E-state index contributed by atoms with van der Waals surface area (Å²) in [7, 11) is 0. The first-order valence-electron chi connectivity index (χ1n) is 9.32. The van der Waals surface area contributed by atoms with Gasteiger partial charge in [-0.3, -0.25) is 4.79 Å². The van der Waals surface area contributed by atoms with E-state index in [0.717, 1.165) is 19.3 Å². The highest BCUT2D eigenvalue weighted by Crippen LogP contribution is 2.26. The van der Waals surface area contributed by atoms with Crippen LogP contribution in [0.4, 0.5) is 13.2 Å². The number of carbonyl (C=O) groups is 2. The lowest BCUT2D eigenvalue weighted by atomic mass is 9.98. The summed E-state index contributed by atoms with van der Waals surface area (Å²) in [6.07, 6.45) is 3.12. The van der Waals surface area contributed by atoms with Crippen LogP contribution in [0.2, 0.25) is 0 Å². The molecule has 1 heterocycles. The Morgan fingerprint density at radius 2 is 1.76 bits per heavy atom. The lowest BCUT2D eigenvalue weighted by molar-refractivity contribution is -0.212. The minimum absolute atomic E-state index is 0.258. The molecule has 1 rings (SSSR count). The van der Waals surface area contributed by atoms with Gasteiger partial charge in [-0.1, -0.05) is 51.9 Å². The Hall–Kier alpha value is -1.27. The van der Waals surface area contributed by atoms with Crippen molar-refractivity contribution in [3.63, 3.8) is 0 Å². The van der Waals surface area contributed by atoms with Crippen LogP contribution in [0.25, 0.3) is 0 Å². The molecule has 25 heavy (non-hydrogen) atoms. The van der Waals surface area contributed by atoms with Gasteiger partial charge in [0.2, 0.25) is 0 Å². The molecule has 0 saturated carbocycles. The number of rotatable bonds is 11. The Bertz CT molecular complexity index is 410. The van der Waals surface area contributed by atoms with E-state index in [2.05, 4.69) is 11.7 Å². The number of alkyl halides is 3. The fraction of sp³-hybridized carbons (Fsp3) is 0.889. The van der Waals surface area contributed by atoms with E-state index < -0.39 is 30.3 Å². The summed E-state index contributed by atoms with van der Waals surface area (Å²) in [6.45, 7) is 2.15. The number of hydrogen-bond donors (Lipinski definition) is 0. The maximum atomic E-state index is 12.5. The first-order chi connectivity index (χ1) is 11.8. The van der Waals surface area contributed by atoms with Crippen LogP contribution >= 0.6 is 0 Å². The number of esters is 2. The van der Waals surface area contributed by atoms with Crippen molar-refractivity contribution in [2.75, 3.05) is 0 Å². The van der Waals surface area contributed by atoms with Crippen LogP contribution in [0.5, 0.6) is 0 Å². The number of ether oxygens (including phenoxy) is 2. The molecule has 0 aromatic heterocycles. The second-order valence-electron chi connectivity index (χ2n) is 6.63. The predicted molar refractivity (Wildman–Crippen MR) is 86.9 cm³/mol. The predicted octanol–water partition coefficient (Wildman–Crippen LogP) is 5.09. The Labute approximate surface area is 147 Å². The quantitative estimate of drug-likeness (QED) is 0.378. The molecule has 2 atom stereocenters. The molecule has 0 amide bonds. The summed E-state index contributed by atoms with van der Waals surface area (Å²) in [6, 6.07) is 0. The minimum Gasteiger partial charge on any atom is -0.458 e. The number of carbonyl (C=O) groups excluding carboxylic acids is 2. The molecule has 0 aromatic rings. The van der Waals surface area contributed by atoms with Crippen molar-refractivity contribution in [3.8, 4) is 0 Å². The standard InChI is InChI=1S/C18H29F3O4/c1-2-3-4-5-6-7-8-9-11-15(25-17(23)18(19,20)21)14-12-10-13-16(22)24-14/h14-15H,2-13H2,1H3. The van der Waals surface area contributed by atoms with Crippen molar-refractivity contribution in [1.82, 2.24) is 0 Å². The van der Waals surface area contributed by atoms with Crippen LogP contribution in [-0.2, 0) is 19.1 Å². The molecular weight excluding hydrogens is 337 g/mol. The third kappa shape index (κ3) is 9.12. The molecule has 0 spiro atoms. The Kier molecular flexibility index (Phi) is 9.90. The van der Waals surface area contributed by atoms with Gasteiger partial charge in [-0.05, 0) is 25.7 Å². The van der Waals surface area contributed by atoms with Crippen molar-refractivity contribution in [3.05, 3.63) is 0 Å². The molecule has 1 saturated heterocycles. The average molecular weight is 366 g/mol. The largest absolute Gasteiger partial charge is 0.490 e. The second kappa shape index (κ2) is 11.4. The third-order valence-corrected chi connectivity index (χ3v) is 4.40. The van der Waals surface area contributed by atoms with E-state index in [1.165, 1.54) is 25.7 Å². The van der Waals surface area contributed by atoms with Gasteiger partial charge >= 0.3 is 18.1 Å². The van der Waals surface area contributed by atoms with Gasteiger partial charge in [0, 0.05) is 6.42 Å². The van der Waals surface area contributed by atoms with Crippen molar-refractivity contribution in [2.24, 2.45) is 0 Å². The van der Waals surface area contributed by atoms with E-state index in [-0.39, 0.29) is 12.8 Å². The number of hydrogen-bond acceptors (Lipinski definition) is 4. The number of halogens is 3. The third-order valence-electron chi connectivity index (χ3n) is 4.40. The first-order valence-corrected chi connectivity index (χ1v) is 9.32. The van der Waals surface area contributed by atoms with Crippen LogP contribution in [-0.4, -0.2) is 30.3 Å². The molecule has 7 heteroatoms. The lowest BCUT2D eigenvalue weighted by Crippen LogP contribution is -2.40. The van der Waals surface area contributed by atoms with Gasteiger partial charge in [0.15, 0.2) is 0 Å². The van der Waals surface area contributed by atoms with Crippen LogP contribution in [0.15, 0.2) is 0 Å². The highest BCUT2D eigenvalue weighted by atomic mass is 19.4. The fourth-order valence-electron chi connectivity index (χ4n) is 3.00. The van der Waals surface area contributed by atoms with Crippen molar-refractivity contribution in [1.29, 1.82) is 0 Å². The van der Waals surface area contributed by atoms with Gasteiger partial charge in [0.1, 0.15) is 12.2 Å². The van der Waals surface area contributed by atoms with Gasteiger partial charge < -0.3 is 9.47 Å². The van der Waals surface area contributed by atoms with Crippen LogP contribution in [0.3, 0.4) is 0 Å². The van der Waals surface area contributed by atoms with Crippen molar-refractivity contribution < 1.29 is 32.2 Å². The molecule has 1 fully saturated rings. The van der Waals surface area contributed by atoms with E-state index in [4.69, 9.17) is 4.74 Å². The summed E-state index contributed by atoms with van der Waals surface area (Å²) in [5.41, 5.74) is 0. The maximum Gasteiger partial charge on any atom is 0.490 e. The van der Waals surface area contributed by atoms with Gasteiger partial charge in [-0.25, -0.2) is 4.79 Å². The molecule has 1 aliphatic heterocycles. The Balaban J connectivity index is 2.40. The molecule has 1 aliphatic rings. The Morgan fingerprint density at radius 1 is 1.16 bits per heavy atom. The molecule has 4 nitrogen and oxygen atoms in total. The molecule has 2 unspecified atom stereocenters. The highest BCUT2D eigenvalue weighted by molar-refractivity contribution is 5.76. The highest BCUT2D eigenvalue weighted by Gasteiger charge is 2.44. The summed E-state index contributed by atoms with van der Waals surface area (Å²) >= 11 is 0. The van der Waals surface area contributed by atoms with Crippen molar-refractivity contribution in [2.45, 2.75) is 102 Å². The molecular formula is C18H29F3O4. The fourth-order valence-corrected chi connectivity index (χ4v) is 3.00. The van der Waals surface area contributed by atoms with Crippen LogP contribution in [0.1, 0.15) is 84.0 Å². The summed E-state index contributed by atoms with van der Waals surface area (Å²) in [5, 5.41) is 0. The summed E-state index contributed by atoms with van der Waals surface area (Å²) in [4.78, 5) is 22.5. The Morgan fingerprint density at radius 3 is 2.32 bits per heavy atom. The molecule has 0 radical (unpaired) electrons. The van der Waals surface area contributed by atoms with Gasteiger partial charge in [0.05, 0.1) is 0 Å². The maximum absolute atomic E-state index is 12.5. The molecule has 146 valence electrons. The van der Waals surface area contributed by atoms with Gasteiger partial charge in [0.25, 0.3) is 0 Å². The summed E-state index contributed by atoms with van der Waals surface area (Å²) < 4.78 is 47.1. The van der Waals surface area contributed by atoms with E-state index in [1.54, 1.807) is 0 Å². The zero-order chi connectivity index (χ0) is 18.7. The van der Waals surface area contributed by atoms with Crippen LogP contribution in [0, 0.1) is 0 Å². The van der Waals surface area contributed by atoms with E-state index in [0.29, 0.717) is 19.3 Å². The van der Waals surface area contributed by atoms with Crippen molar-refractivity contribution >= 4 is 11.9 Å².